The number of amides is 1. The van der Waals surface area contributed by atoms with Crippen molar-refractivity contribution in [1.82, 2.24) is 19.6 Å². The van der Waals surface area contributed by atoms with Gasteiger partial charge in [-0.05, 0) is 37.6 Å². The zero-order valence-corrected chi connectivity index (χ0v) is 14.5. The van der Waals surface area contributed by atoms with Crippen LogP contribution >= 0.6 is 11.6 Å². The summed E-state index contributed by atoms with van der Waals surface area (Å²) < 4.78 is 3.40. The van der Waals surface area contributed by atoms with E-state index in [-0.39, 0.29) is 5.91 Å². The fourth-order valence-corrected chi connectivity index (χ4v) is 2.83. The van der Waals surface area contributed by atoms with Gasteiger partial charge in [0.15, 0.2) is 0 Å². The van der Waals surface area contributed by atoms with E-state index >= 15 is 0 Å². The maximum Gasteiger partial charge on any atom is 0.274 e. The minimum Gasteiger partial charge on any atom is -0.317 e. The molecule has 2 aromatic heterocycles. The average molecular weight is 344 g/mol. The predicted octanol–water partition coefficient (Wildman–Crippen LogP) is 3.19. The third kappa shape index (κ3) is 3.19. The summed E-state index contributed by atoms with van der Waals surface area (Å²) in [5.74, 6) is -0.205. The van der Waals surface area contributed by atoms with Crippen LogP contribution in [0.5, 0.6) is 0 Å². The van der Waals surface area contributed by atoms with E-state index in [1.54, 1.807) is 19.3 Å². The van der Waals surface area contributed by atoms with E-state index in [4.69, 9.17) is 11.6 Å². The highest BCUT2D eigenvalue weighted by molar-refractivity contribution is 6.30. The number of halogens is 1. The van der Waals surface area contributed by atoms with Crippen molar-refractivity contribution >= 4 is 23.2 Å². The molecule has 0 fully saturated rings. The van der Waals surface area contributed by atoms with Crippen LogP contribution in [0.25, 0.3) is 0 Å². The Balaban J connectivity index is 1.84. The number of nitrogens with one attached hydrogen (secondary N) is 1. The zero-order chi connectivity index (χ0) is 17.3. The molecule has 0 aliphatic rings. The number of aryl methyl sites for hydroxylation is 2. The van der Waals surface area contributed by atoms with Crippen LogP contribution in [0.4, 0.5) is 5.69 Å². The second-order valence-electron chi connectivity index (χ2n) is 5.63. The molecule has 1 aromatic carbocycles. The number of carbonyl (C=O) groups excluding carboxylic acids is 1. The van der Waals surface area contributed by atoms with E-state index in [9.17, 15) is 4.79 Å². The lowest BCUT2D eigenvalue weighted by molar-refractivity contribution is 0.101. The second-order valence-corrected chi connectivity index (χ2v) is 6.06. The lowest BCUT2D eigenvalue weighted by Gasteiger charge is -2.08. The topological polar surface area (TPSA) is 64.7 Å². The molecule has 3 rings (SSSR count). The lowest BCUT2D eigenvalue weighted by atomic mass is 10.2. The van der Waals surface area contributed by atoms with E-state index in [1.165, 1.54) is 4.68 Å². The molecule has 24 heavy (non-hydrogen) atoms. The summed E-state index contributed by atoms with van der Waals surface area (Å²) in [5.41, 5.74) is 3.94. The monoisotopic (exact) mass is 343 g/mol. The summed E-state index contributed by atoms with van der Waals surface area (Å²) in [5, 5.41) is 12.2. The molecule has 0 aliphatic carbocycles. The van der Waals surface area contributed by atoms with Crippen molar-refractivity contribution < 1.29 is 4.79 Å². The van der Waals surface area contributed by atoms with Gasteiger partial charge < -0.3 is 5.32 Å². The molecule has 1 amide bonds. The molecule has 0 saturated heterocycles. The van der Waals surface area contributed by atoms with Crippen molar-refractivity contribution in [2.75, 3.05) is 5.32 Å². The number of hydrogen-bond acceptors (Lipinski definition) is 3. The molecule has 7 heteroatoms. The van der Waals surface area contributed by atoms with Crippen LogP contribution < -0.4 is 5.32 Å². The molecule has 1 N–H and O–H groups in total. The molecule has 3 aromatic rings. The molecule has 0 bridgehead atoms. The van der Waals surface area contributed by atoms with Crippen molar-refractivity contribution in [3.05, 3.63) is 64.2 Å². The van der Waals surface area contributed by atoms with E-state index in [0.29, 0.717) is 17.3 Å². The Morgan fingerprint density at radius 3 is 2.75 bits per heavy atom. The van der Waals surface area contributed by atoms with Gasteiger partial charge in [0.05, 0.1) is 23.6 Å². The Morgan fingerprint density at radius 2 is 2.08 bits per heavy atom. The van der Waals surface area contributed by atoms with Crippen LogP contribution in [0.1, 0.15) is 27.4 Å². The second kappa shape index (κ2) is 6.49. The van der Waals surface area contributed by atoms with Crippen molar-refractivity contribution in [2.24, 2.45) is 7.05 Å². The summed E-state index contributed by atoms with van der Waals surface area (Å²) in [7, 11) is 1.73. The lowest BCUT2D eigenvalue weighted by Crippen LogP contribution is -2.17. The van der Waals surface area contributed by atoms with Gasteiger partial charge in [0.2, 0.25) is 0 Å². The van der Waals surface area contributed by atoms with Crippen LogP contribution in [0.2, 0.25) is 5.02 Å². The van der Waals surface area contributed by atoms with E-state index in [0.717, 1.165) is 22.6 Å². The molecule has 0 aliphatic heterocycles. The van der Waals surface area contributed by atoms with Gasteiger partial charge in [-0.1, -0.05) is 23.7 Å². The first kappa shape index (κ1) is 16.3. The summed E-state index contributed by atoms with van der Waals surface area (Å²) >= 11 is 6.03. The summed E-state index contributed by atoms with van der Waals surface area (Å²) in [6.45, 7) is 4.40. The molecule has 0 spiro atoms. The maximum atomic E-state index is 12.4. The predicted molar refractivity (Wildman–Crippen MR) is 93.4 cm³/mol. The summed E-state index contributed by atoms with van der Waals surface area (Å²) in [4.78, 5) is 12.4. The Hall–Kier alpha value is -2.60. The first-order chi connectivity index (χ1) is 11.5. The van der Waals surface area contributed by atoms with Gasteiger partial charge in [-0.25, -0.2) is 0 Å². The van der Waals surface area contributed by atoms with Crippen molar-refractivity contribution in [3.63, 3.8) is 0 Å². The van der Waals surface area contributed by atoms with Crippen LogP contribution in [-0.4, -0.2) is 25.5 Å². The molecule has 0 radical (unpaired) electrons. The third-order valence-electron chi connectivity index (χ3n) is 3.89. The first-order valence-electron chi connectivity index (χ1n) is 7.53. The van der Waals surface area contributed by atoms with Gasteiger partial charge in [-0.3, -0.25) is 14.2 Å². The van der Waals surface area contributed by atoms with Gasteiger partial charge >= 0.3 is 0 Å². The summed E-state index contributed by atoms with van der Waals surface area (Å²) in [6, 6.07) is 9.33. The Kier molecular flexibility index (Phi) is 4.40. The maximum absolute atomic E-state index is 12.4. The normalized spacial score (nSPS) is 10.8. The van der Waals surface area contributed by atoms with Crippen LogP contribution in [0.15, 0.2) is 36.5 Å². The Bertz CT molecular complexity index is 896. The summed E-state index contributed by atoms with van der Waals surface area (Å²) in [6.07, 6.45) is 1.59. The molecule has 124 valence electrons. The minimum absolute atomic E-state index is 0.205. The smallest absolute Gasteiger partial charge is 0.274 e. The Labute approximate surface area is 145 Å². The number of benzene rings is 1. The highest BCUT2D eigenvalue weighted by Crippen LogP contribution is 2.22. The van der Waals surface area contributed by atoms with E-state index in [1.807, 2.05) is 42.8 Å². The van der Waals surface area contributed by atoms with Gasteiger partial charge in [0.1, 0.15) is 5.69 Å². The molecule has 2 heterocycles. The number of hydrogen-bond donors (Lipinski definition) is 1. The highest BCUT2D eigenvalue weighted by atomic mass is 35.5. The van der Waals surface area contributed by atoms with Crippen molar-refractivity contribution in [2.45, 2.75) is 20.4 Å². The number of aromatic nitrogens is 4. The number of carbonyl (C=O) groups is 1. The SMILES string of the molecule is Cc1nn(Cc2cccc(Cl)c2)c(C)c1NC(=O)c1ccnn1C. The van der Waals surface area contributed by atoms with Gasteiger partial charge in [-0.15, -0.1) is 0 Å². The molecule has 0 atom stereocenters. The Morgan fingerprint density at radius 1 is 1.29 bits per heavy atom. The minimum atomic E-state index is -0.205. The zero-order valence-electron chi connectivity index (χ0n) is 13.7. The fourth-order valence-electron chi connectivity index (χ4n) is 2.61. The van der Waals surface area contributed by atoms with Gasteiger partial charge in [0, 0.05) is 18.3 Å². The molecule has 6 nitrogen and oxygen atoms in total. The quantitative estimate of drug-likeness (QED) is 0.791. The van der Waals surface area contributed by atoms with Crippen LogP contribution in [0, 0.1) is 13.8 Å². The van der Waals surface area contributed by atoms with Gasteiger partial charge in [0.25, 0.3) is 5.91 Å². The van der Waals surface area contributed by atoms with Crippen molar-refractivity contribution in [1.29, 1.82) is 0 Å². The first-order valence-corrected chi connectivity index (χ1v) is 7.91. The highest BCUT2D eigenvalue weighted by Gasteiger charge is 2.17. The van der Waals surface area contributed by atoms with Crippen LogP contribution in [0.3, 0.4) is 0 Å². The third-order valence-corrected chi connectivity index (χ3v) is 4.13. The van der Waals surface area contributed by atoms with E-state index in [2.05, 4.69) is 15.5 Å². The van der Waals surface area contributed by atoms with Crippen molar-refractivity contribution in [3.8, 4) is 0 Å². The average Bonchev–Trinajstić information content (AvgIpc) is 3.06. The number of rotatable bonds is 4. The molecule has 0 saturated carbocycles. The van der Waals surface area contributed by atoms with Crippen LogP contribution in [-0.2, 0) is 13.6 Å². The van der Waals surface area contributed by atoms with E-state index < -0.39 is 0 Å². The standard InChI is InChI=1S/C17H18ClN5O/c1-11-16(20-17(24)15-7-8-19-22(15)3)12(2)23(21-11)10-13-5-4-6-14(18)9-13/h4-9H,10H2,1-3H3,(H,20,24). The molecular weight excluding hydrogens is 326 g/mol. The fraction of sp³-hybridized carbons (Fsp3) is 0.235. The molecule has 0 unspecified atom stereocenters. The molecular formula is C17H18ClN5O. The largest absolute Gasteiger partial charge is 0.317 e. The van der Waals surface area contributed by atoms with Gasteiger partial charge in [-0.2, -0.15) is 10.2 Å². The number of nitrogens with zero attached hydrogens (tertiary/aromatic N) is 4. The number of anilines is 1.